The highest BCUT2D eigenvalue weighted by Gasteiger charge is 2.14. The van der Waals surface area contributed by atoms with E-state index in [1.165, 1.54) is 12.1 Å². The number of carbonyl (C=O) groups excluding carboxylic acids is 1. The first-order valence-electron chi connectivity index (χ1n) is 4.69. The van der Waals surface area contributed by atoms with Gasteiger partial charge in [-0.15, -0.1) is 0 Å². The number of rotatable bonds is 5. The Morgan fingerprint density at radius 2 is 2.00 bits per heavy atom. The van der Waals surface area contributed by atoms with E-state index in [-0.39, 0.29) is 22.7 Å². The second kappa shape index (κ2) is 5.87. The Balaban J connectivity index is 2.94. The van der Waals surface area contributed by atoms with Crippen molar-refractivity contribution in [2.75, 3.05) is 0 Å². The number of hydrogen-bond donors (Lipinski definition) is 0. The molecule has 1 rings (SSSR count). The number of ketones is 1. The summed E-state index contributed by atoms with van der Waals surface area (Å²) in [7, 11) is 0. The topological polar surface area (TPSA) is 103 Å². The van der Waals surface area contributed by atoms with Gasteiger partial charge in [0.15, 0.2) is 5.78 Å². The minimum atomic E-state index is -0.706. The van der Waals surface area contributed by atoms with E-state index in [1.807, 2.05) is 0 Å². The van der Waals surface area contributed by atoms with E-state index in [0.717, 1.165) is 12.1 Å². The van der Waals surface area contributed by atoms with Gasteiger partial charge in [-0.25, -0.2) is 0 Å². The van der Waals surface area contributed by atoms with Gasteiger partial charge < -0.3 is 0 Å². The standard InChI is InChI=1S/C10H7ClN2O5/c11-9-4-3-7(13(17)18)6-8(9)10(14)2-1-5-12(15)16/h1,3-6H,2H2/b5-1-. The Labute approximate surface area is 106 Å². The fourth-order valence-corrected chi connectivity index (χ4v) is 1.42. The van der Waals surface area contributed by atoms with Gasteiger partial charge in [-0.2, -0.15) is 0 Å². The maximum Gasteiger partial charge on any atom is 0.270 e. The summed E-state index contributed by atoms with van der Waals surface area (Å²) in [6.45, 7) is 0. The minimum Gasteiger partial charge on any atom is -0.294 e. The number of halogens is 1. The second-order valence-corrected chi connectivity index (χ2v) is 3.63. The molecule has 1 aromatic carbocycles. The molecule has 0 radical (unpaired) electrons. The van der Waals surface area contributed by atoms with Crippen molar-refractivity contribution in [2.24, 2.45) is 0 Å². The number of non-ortho nitro benzene ring substituents is 1. The van der Waals surface area contributed by atoms with Gasteiger partial charge in [-0.3, -0.25) is 25.0 Å². The van der Waals surface area contributed by atoms with E-state index in [1.54, 1.807) is 0 Å². The van der Waals surface area contributed by atoms with Crippen molar-refractivity contribution < 1.29 is 14.6 Å². The van der Waals surface area contributed by atoms with Crippen molar-refractivity contribution in [1.82, 2.24) is 0 Å². The second-order valence-electron chi connectivity index (χ2n) is 3.22. The third-order valence-electron chi connectivity index (χ3n) is 1.99. The zero-order valence-electron chi connectivity index (χ0n) is 8.91. The van der Waals surface area contributed by atoms with Crippen LogP contribution in [-0.2, 0) is 0 Å². The highest BCUT2D eigenvalue weighted by Crippen LogP contribution is 2.23. The molecule has 1 aromatic rings. The Morgan fingerprint density at radius 1 is 1.33 bits per heavy atom. The summed E-state index contributed by atoms with van der Waals surface area (Å²) < 4.78 is 0. The molecular weight excluding hydrogens is 264 g/mol. The number of carbonyl (C=O) groups is 1. The normalized spacial score (nSPS) is 10.5. The van der Waals surface area contributed by atoms with Crippen LogP contribution in [0.15, 0.2) is 30.5 Å². The van der Waals surface area contributed by atoms with Crippen LogP contribution in [0.3, 0.4) is 0 Å². The van der Waals surface area contributed by atoms with Gasteiger partial charge in [0.1, 0.15) is 0 Å². The molecule has 94 valence electrons. The van der Waals surface area contributed by atoms with Crippen molar-refractivity contribution in [2.45, 2.75) is 6.42 Å². The SMILES string of the molecule is O=C(C/C=C\[N+](=O)[O-])c1cc([N+](=O)[O-])ccc1Cl. The molecule has 18 heavy (non-hydrogen) atoms. The van der Waals surface area contributed by atoms with E-state index < -0.39 is 15.6 Å². The zero-order valence-corrected chi connectivity index (χ0v) is 9.66. The number of nitro groups is 2. The van der Waals surface area contributed by atoms with Crippen LogP contribution in [-0.4, -0.2) is 15.6 Å². The van der Waals surface area contributed by atoms with Crippen LogP contribution >= 0.6 is 11.6 Å². The maximum absolute atomic E-state index is 11.6. The quantitative estimate of drug-likeness (QED) is 0.465. The first-order valence-corrected chi connectivity index (χ1v) is 5.07. The lowest BCUT2D eigenvalue weighted by molar-refractivity contribution is -0.402. The molecule has 0 fully saturated rings. The highest BCUT2D eigenvalue weighted by molar-refractivity contribution is 6.34. The largest absolute Gasteiger partial charge is 0.294 e. The van der Waals surface area contributed by atoms with Crippen LogP contribution in [0.5, 0.6) is 0 Å². The van der Waals surface area contributed by atoms with E-state index in [0.29, 0.717) is 6.20 Å². The number of hydrogen-bond acceptors (Lipinski definition) is 5. The Bertz CT molecular complexity index is 541. The molecule has 0 saturated carbocycles. The Morgan fingerprint density at radius 3 is 2.56 bits per heavy atom. The summed E-state index contributed by atoms with van der Waals surface area (Å²) in [6, 6.07) is 3.46. The minimum absolute atomic E-state index is 0.0288. The first kappa shape index (κ1) is 13.8. The molecule has 0 atom stereocenters. The van der Waals surface area contributed by atoms with Gasteiger partial charge in [-0.05, 0) is 12.1 Å². The fourth-order valence-electron chi connectivity index (χ4n) is 1.20. The molecule has 0 N–H and O–H groups in total. The highest BCUT2D eigenvalue weighted by atomic mass is 35.5. The first-order chi connectivity index (χ1) is 8.41. The number of Topliss-reactive ketones (excluding diaryl/α,β-unsaturated/α-hetero) is 1. The fraction of sp³-hybridized carbons (Fsp3) is 0.100. The molecule has 0 aliphatic carbocycles. The van der Waals surface area contributed by atoms with Crippen LogP contribution < -0.4 is 0 Å². The lowest BCUT2D eigenvalue weighted by Gasteiger charge is -2.00. The molecule has 8 heteroatoms. The summed E-state index contributed by atoms with van der Waals surface area (Å²) in [5.74, 6) is -0.526. The molecule has 0 aliphatic heterocycles. The average molecular weight is 271 g/mol. The predicted octanol–water partition coefficient (Wildman–Crippen LogP) is 2.61. The van der Waals surface area contributed by atoms with Crippen molar-refractivity contribution in [3.8, 4) is 0 Å². The predicted molar refractivity (Wildman–Crippen MR) is 63.2 cm³/mol. The summed E-state index contributed by atoms with van der Waals surface area (Å²) in [5.41, 5.74) is -0.292. The van der Waals surface area contributed by atoms with Crippen molar-refractivity contribution in [3.63, 3.8) is 0 Å². The van der Waals surface area contributed by atoms with Gasteiger partial charge in [-0.1, -0.05) is 11.6 Å². The summed E-state index contributed by atoms with van der Waals surface area (Å²) in [6.07, 6.45) is 1.43. The number of allylic oxidation sites excluding steroid dienone is 1. The van der Waals surface area contributed by atoms with Gasteiger partial charge in [0, 0.05) is 24.1 Å². The monoisotopic (exact) mass is 270 g/mol. The molecule has 0 unspecified atom stereocenters. The van der Waals surface area contributed by atoms with Crippen LogP contribution in [0.4, 0.5) is 5.69 Å². The van der Waals surface area contributed by atoms with Crippen molar-refractivity contribution in [1.29, 1.82) is 0 Å². The molecule has 7 nitrogen and oxygen atoms in total. The summed E-state index contributed by atoms with van der Waals surface area (Å²) in [5, 5.41) is 20.6. The summed E-state index contributed by atoms with van der Waals surface area (Å²) >= 11 is 5.74. The van der Waals surface area contributed by atoms with E-state index >= 15 is 0 Å². The molecule has 0 aliphatic rings. The van der Waals surface area contributed by atoms with Gasteiger partial charge in [0.25, 0.3) is 5.69 Å². The molecule has 0 spiro atoms. The lowest BCUT2D eigenvalue weighted by Crippen LogP contribution is -2.00. The van der Waals surface area contributed by atoms with Gasteiger partial charge in [0.2, 0.25) is 6.20 Å². The average Bonchev–Trinajstić information content (AvgIpc) is 2.28. The van der Waals surface area contributed by atoms with Crippen molar-refractivity contribution in [3.05, 3.63) is 61.3 Å². The van der Waals surface area contributed by atoms with Crippen LogP contribution in [0.25, 0.3) is 0 Å². The molecule has 0 saturated heterocycles. The van der Waals surface area contributed by atoms with Crippen LogP contribution in [0, 0.1) is 20.2 Å². The molecule has 0 aromatic heterocycles. The number of nitro benzene ring substituents is 1. The third kappa shape index (κ3) is 3.63. The molecular formula is C10H7ClN2O5. The van der Waals surface area contributed by atoms with Gasteiger partial charge in [0.05, 0.1) is 14.9 Å². The van der Waals surface area contributed by atoms with E-state index in [9.17, 15) is 25.0 Å². The van der Waals surface area contributed by atoms with E-state index in [4.69, 9.17) is 11.6 Å². The van der Waals surface area contributed by atoms with Crippen molar-refractivity contribution >= 4 is 23.1 Å². The van der Waals surface area contributed by atoms with E-state index in [2.05, 4.69) is 0 Å². The van der Waals surface area contributed by atoms with Gasteiger partial charge >= 0.3 is 0 Å². The Hall–Kier alpha value is -2.28. The number of nitrogens with zero attached hydrogens (tertiary/aromatic N) is 2. The van der Waals surface area contributed by atoms with Crippen LogP contribution in [0.1, 0.15) is 16.8 Å². The zero-order chi connectivity index (χ0) is 13.7. The smallest absolute Gasteiger partial charge is 0.270 e. The maximum atomic E-state index is 11.6. The lowest BCUT2D eigenvalue weighted by atomic mass is 10.1. The molecule has 0 amide bonds. The number of benzene rings is 1. The summed E-state index contributed by atoms with van der Waals surface area (Å²) in [4.78, 5) is 30.8. The van der Waals surface area contributed by atoms with Crippen LogP contribution in [0.2, 0.25) is 5.02 Å². The molecule has 0 bridgehead atoms. The third-order valence-corrected chi connectivity index (χ3v) is 2.32. The molecule has 0 heterocycles. The Kier molecular flexibility index (Phi) is 4.50.